The van der Waals surface area contributed by atoms with Gasteiger partial charge in [-0.25, -0.2) is 14.8 Å². The predicted molar refractivity (Wildman–Crippen MR) is 227 cm³/mol. The molecule has 1 atom stereocenters. The van der Waals surface area contributed by atoms with Crippen molar-refractivity contribution in [2.24, 2.45) is 5.92 Å². The van der Waals surface area contributed by atoms with Crippen molar-refractivity contribution in [1.29, 1.82) is 0 Å². The van der Waals surface area contributed by atoms with Crippen molar-refractivity contribution in [1.82, 2.24) is 30.1 Å². The number of piperazine rings is 1. The van der Waals surface area contributed by atoms with Crippen molar-refractivity contribution in [3.8, 4) is 5.75 Å². The van der Waals surface area contributed by atoms with Crippen molar-refractivity contribution in [2.45, 2.75) is 82.4 Å². The number of piperidine rings is 1. The molecule has 0 spiro atoms. The number of hydrogen-bond donors (Lipinski definition) is 1. The Balaban J connectivity index is 0.684. The second-order valence-corrected chi connectivity index (χ2v) is 16.9. The molecule has 5 aliphatic rings. The third kappa shape index (κ3) is 8.41. The molecular weight excluding hydrogens is 775 g/mol. The Kier molecular flexibility index (Phi) is 11.4. The summed E-state index contributed by atoms with van der Waals surface area (Å²) in [6.45, 7) is 13.6. The minimum absolute atomic E-state index is 0.0247. The molecule has 61 heavy (non-hydrogen) atoms. The Labute approximate surface area is 354 Å². The van der Waals surface area contributed by atoms with Crippen LogP contribution in [-0.2, 0) is 9.59 Å². The van der Waals surface area contributed by atoms with Gasteiger partial charge in [-0.05, 0) is 100 Å². The Morgan fingerprint density at radius 2 is 1.57 bits per heavy atom. The van der Waals surface area contributed by atoms with Crippen LogP contribution in [0, 0.1) is 12.5 Å². The van der Waals surface area contributed by atoms with Crippen molar-refractivity contribution < 1.29 is 28.7 Å². The first-order valence-electron chi connectivity index (χ1n) is 21.6. The van der Waals surface area contributed by atoms with E-state index in [1.807, 2.05) is 24.3 Å². The van der Waals surface area contributed by atoms with Crippen LogP contribution < -0.4 is 19.9 Å². The molecule has 15 nitrogen and oxygen atoms in total. The van der Waals surface area contributed by atoms with E-state index in [4.69, 9.17) is 11.3 Å². The fourth-order valence-corrected chi connectivity index (χ4v) is 9.58. The number of nitrogens with one attached hydrogen (secondary N) is 1. The van der Waals surface area contributed by atoms with E-state index in [9.17, 15) is 24.0 Å². The third-order valence-electron chi connectivity index (χ3n) is 13.2. The number of imide groups is 1. The van der Waals surface area contributed by atoms with Crippen molar-refractivity contribution in [3.63, 3.8) is 0 Å². The molecule has 2 saturated heterocycles. The van der Waals surface area contributed by atoms with Crippen LogP contribution >= 0.6 is 0 Å². The minimum atomic E-state index is -0.862. The van der Waals surface area contributed by atoms with Gasteiger partial charge < -0.3 is 19.9 Å². The van der Waals surface area contributed by atoms with Crippen molar-refractivity contribution in [3.05, 3.63) is 89.2 Å². The summed E-state index contributed by atoms with van der Waals surface area (Å²) in [6.07, 6.45) is 11.6. The van der Waals surface area contributed by atoms with Crippen LogP contribution in [0.15, 0.2) is 61.1 Å². The topological polar surface area (TPSA) is 163 Å². The van der Waals surface area contributed by atoms with Crippen molar-refractivity contribution >= 4 is 57.5 Å². The normalized spacial score (nSPS) is 22.7. The Morgan fingerprint density at radius 1 is 0.820 bits per heavy atom. The lowest BCUT2D eigenvalue weighted by molar-refractivity contribution is -0.132. The first kappa shape index (κ1) is 40.2. The van der Waals surface area contributed by atoms with Gasteiger partial charge in [-0.15, -0.1) is 0 Å². The molecule has 4 fully saturated rings. The summed E-state index contributed by atoms with van der Waals surface area (Å²) < 4.78 is 6.36. The van der Waals surface area contributed by atoms with E-state index in [1.165, 1.54) is 0 Å². The maximum atomic E-state index is 13.3. The van der Waals surface area contributed by atoms with Crippen LogP contribution in [0.5, 0.6) is 5.75 Å². The summed E-state index contributed by atoms with van der Waals surface area (Å²) in [5, 5.41) is 4.00. The van der Waals surface area contributed by atoms with E-state index >= 15 is 0 Å². The molecule has 1 unspecified atom stereocenters. The second kappa shape index (κ2) is 17.4. The number of Topliss-reactive ketones (excluding diaryl/α,β-unsaturated/α-hetero) is 2. The van der Waals surface area contributed by atoms with Crippen LogP contribution in [0.4, 0.5) is 17.3 Å². The molecule has 5 heterocycles. The lowest BCUT2D eigenvalue weighted by atomic mass is 9.92. The summed E-state index contributed by atoms with van der Waals surface area (Å²) in [5.74, 6) is 0.433. The summed E-state index contributed by atoms with van der Waals surface area (Å²) >= 11 is 0. The Bertz CT molecular complexity index is 2390. The molecule has 2 aliphatic carbocycles. The van der Waals surface area contributed by atoms with Crippen LogP contribution in [-0.4, -0.2) is 118 Å². The number of amides is 3. The number of aromatic nitrogens is 3. The summed E-state index contributed by atoms with van der Waals surface area (Å²) in [7, 11) is 0. The van der Waals surface area contributed by atoms with Gasteiger partial charge in [0, 0.05) is 81.4 Å². The quantitative estimate of drug-likeness (QED) is 0.123. The molecular formula is C46H49N9O6. The highest BCUT2D eigenvalue weighted by atomic mass is 16.5. The molecule has 314 valence electrons. The zero-order valence-corrected chi connectivity index (χ0v) is 34.1. The van der Waals surface area contributed by atoms with Gasteiger partial charge in [-0.2, -0.15) is 0 Å². The van der Waals surface area contributed by atoms with Gasteiger partial charge in [-0.1, -0.05) is 6.07 Å². The van der Waals surface area contributed by atoms with E-state index < -0.39 is 17.9 Å². The standard InChI is InChI=1S/C46H49N9O6/c1-47-38-11-13-41(36-3-2-17-48-42(36)38)61-34-8-4-31(5-9-34)51-43(58)30-27-49-46(50-28-30)54-19-15-29(16-20-54)14-18-52-21-23-53(24-22-52)32-6-10-35-37(25-32)45(60)55(44(35)59)39-12-7-33(56)26-40(39)57/h2-3,6,10-11,13,17,25,27-29,31,34,39H,4-5,7-9,12,14-16,18-24,26H2,(H,51,58). The number of benzene rings is 2. The van der Waals surface area contributed by atoms with Gasteiger partial charge in [0.2, 0.25) is 11.6 Å². The number of nitrogens with zero attached hydrogens (tertiary/aromatic N) is 8. The lowest BCUT2D eigenvalue weighted by Gasteiger charge is -2.37. The number of carbonyl (C=O) groups is 5. The molecule has 1 N–H and O–H groups in total. The van der Waals surface area contributed by atoms with Crippen LogP contribution in [0.3, 0.4) is 0 Å². The molecule has 9 rings (SSSR count). The highest BCUT2D eigenvalue weighted by Crippen LogP contribution is 2.35. The van der Waals surface area contributed by atoms with Gasteiger partial charge in [-0.3, -0.25) is 38.8 Å². The number of pyridine rings is 1. The molecule has 4 aromatic rings. The smallest absolute Gasteiger partial charge is 0.262 e. The van der Waals surface area contributed by atoms with Gasteiger partial charge >= 0.3 is 0 Å². The maximum absolute atomic E-state index is 13.3. The SMILES string of the molecule is [C-]#[N+]c1ccc(OC2CCC(NC(=O)c3cnc(N4CCC(CCN5CCN(c6ccc7c(c6)C(=O)N(C6CCC(=O)CC6=O)C7=O)CC5)CC4)nc3)CC2)c2cccnc12. The molecule has 3 aliphatic heterocycles. The molecule has 0 radical (unpaired) electrons. The number of fused-ring (bicyclic) bond motifs is 2. The fourth-order valence-electron chi connectivity index (χ4n) is 9.58. The van der Waals surface area contributed by atoms with Gasteiger partial charge in [0.25, 0.3) is 17.7 Å². The summed E-state index contributed by atoms with van der Waals surface area (Å²) in [4.78, 5) is 89.0. The van der Waals surface area contributed by atoms with E-state index in [-0.39, 0.29) is 48.9 Å². The third-order valence-corrected chi connectivity index (χ3v) is 13.2. The van der Waals surface area contributed by atoms with Gasteiger partial charge in [0.1, 0.15) is 11.5 Å². The maximum Gasteiger partial charge on any atom is 0.262 e. The highest BCUT2D eigenvalue weighted by Gasteiger charge is 2.44. The minimum Gasteiger partial charge on any atom is -0.490 e. The summed E-state index contributed by atoms with van der Waals surface area (Å²) in [5.41, 5.74) is 3.16. The number of rotatable bonds is 10. The molecule has 2 aromatic heterocycles. The number of ketones is 2. The number of anilines is 2. The Hall–Kier alpha value is -6.27. The fraction of sp³-hybridized carbons (Fsp3) is 0.457. The summed E-state index contributed by atoms with van der Waals surface area (Å²) in [6, 6.07) is 12.0. The molecule has 15 heteroatoms. The molecule has 3 amide bonds. The van der Waals surface area contributed by atoms with Crippen LogP contribution in [0.2, 0.25) is 0 Å². The van der Waals surface area contributed by atoms with Gasteiger partial charge in [0.15, 0.2) is 5.78 Å². The first-order valence-corrected chi connectivity index (χ1v) is 21.6. The average molecular weight is 824 g/mol. The average Bonchev–Trinajstić information content (AvgIpc) is 3.54. The lowest BCUT2D eigenvalue weighted by Crippen LogP contribution is -2.47. The van der Waals surface area contributed by atoms with Gasteiger partial charge in [0.05, 0.1) is 47.3 Å². The van der Waals surface area contributed by atoms with E-state index in [1.54, 1.807) is 36.8 Å². The Morgan fingerprint density at radius 3 is 2.31 bits per heavy atom. The molecule has 0 bridgehead atoms. The number of ether oxygens (including phenoxy) is 1. The second-order valence-electron chi connectivity index (χ2n) is 16.9. The predicted octanol–water partition coefficient (Wildman–Crippen LogP) is 5.41. The number of carbonyl (C=O) groups excluding carboxylic acids is 5. The van der Waals surface area contributed by atoms with E-state index in [2.05, 4.69) is 39.8 Å². The number of hydrogen-bond acceptors (Lipinski definition) is 12. The molecule has 2 saturated carbocycles. The van der Waals surface area contributed by atoms with Crippen LogP contribution in [0.1, 0.15) is 95.3 Å². The zero-order chi connectivity index (χ0) is 42.0. The van der Waals surface area contributed by atoms with E-state index in [0.717, 1.165) is 112 Å². The zero-order valence-electron chi connectivity index (χ0n) is 34.1. The highest BCUT2D eigenvalue weighted by molar-refractivity contribution is 6.24. The van der Waals surface area contributed by atoms with Crippen LogP contribution in [0.25, 0.3) is 15.7 Å². The monoisotopic (exact) mass is 823 g/mol. The largest absolute Gasteiger partial charge is 0.490 e. The molecule has 2 aromatic carbocycles. The first-order chi connectivity index (χ1) is 29.7. The van der Waals surface area contributed by atoms with Crippen molar-refractivity contribution in [2.75, 3.05) is 55.6 Å². The van der Waals surface area contributed by atoms with E-state index in [0.29, 0.717) is 39.8 Å².